The van der Waals surface area contributed by atoms with Crippen molar-refractivity contribution in [2.45, 2.75) is 32.0 Å². The van der Waals surface area contributed by atoms with Crippen LogP contribution in [0.4, 0.5) is 11.4 Å². The number of aromatic nitrogens is 3. The summed E-state index contributed by atoms with van der Waals surface area (Å²) in [7, 11) is 1.81. The van der Waals surface area contributed by atoms with Gasteiger partial charge in [-0.15, -0.1) is 10.2 Å². The summed E-state index contributed by atoms with van der Waals surface area (Å²) >= 11 is 1.19. The third-order valence-corrected chi connectivity index (χ3v) is 5.82. The van der Waals surface area contributed by atoms with Crippen LogP contribution in [0.2, 0.25) is 0 Å². The molecule has 2 aromatic carbocycles. The molecule has 1 unspecified atom stereocenters. The number of nitro benzene ring substituents is 1. The number of rotatable bonds is 8. The second-order valence-electron chi connectivity index (χ2n) is 6.97. The minimum Gasteiger partial charge on any atom is -0.482 e. The maximum atomic E-state index is 12.3. The topological polar surface area (TPSA) is 112 Å². The number of hydrogen-bond acceptors (Lipinski definition) is 7. The highest BCUT2D eigenvalue weighted by molar-refractivity contribution is 7.99. The number of carbonyl (C=O) groups excluding carboxylic acids is 1. The molecule has 0 bridgehead atoms. The SMILES string of the molecule is Cc1cccc(OC(C)c2nnc(SCC(=O)Nc3ccccc3[N+](=O)[O-])n2C)c1C. The zero-order chi connectivity index (χ0) is 22.5. The first-order valence-corrected chi connectivity index (χ1v) is 10.5. The third-order valence-electron chi connectivity index (χ3n) is 4.80. The molecule has 1 amide bonds. The van der Waals surface area contributed by atoms with Crippen LogP contribution >= 0.6 is 11.8 Å². The van der Waals surface area contributed by atoms with Crippen molar-refractivity contribution in [3.05, 3.63) is 69.5 Å². The summed E-state index contributed by atoms with van der Waals surface area (Å²) in [6.45, 7) is 5.92. The number of hydrogen-bond donors (Lipinski definition) is 1. The van der Waals surface area contributed by atoms with Gasteiger partial charge in [-0.3, -0.25) is 14.9 Å². The Balaban J connectivity index is 1.63. The van der Waals surface area contributed by atoms with Gasteiger partial charge in [-0.2, -0.15) is 0 Å². The van der Waals surface area contributed by atoms with Gasteiger partial charge in [0.2, 0.25) is 5.91 Å². The maximum absolute atomic E-state index is 12.3. The number of amides is 1. The van der Waals surface area contributed by atoms with E-state index in [1.165, 1.54) is 23.9 Å². The van der Waals surface area contributed by atoms with Crippen LogP contribution in [-0.4, -0.2) is 31.3 Å². The zero-order valence-corrected chi connectivity index (χ0v) is 18.5. The van der Waals surface area contributed by atoms with Gasteiger partial charge >= 0.3 is 0 Å². The Morgan fingerprint density at radius 3 is 2.71 bits per heavy atom. The summed E-state index contributed by atoms with van der Waals surface area (Å²) < 4.78 is 7.85. The Bertz CT molecular complexity index is 1110. The number of para-hydroxylation sites is 2. The normalized spacial score (nSPS) is 11.7. The zero-order valence-electron chi connectivity index (χ0n) is 17.7. The summed E-state index contributed by atoms with van der Waals surface area (Å²) in [6, 6.07) is 11.9. The molecule has 0 aliphatic carbocycles. The number of nitrogens with zero attached hydrogens (tertiary/aromatic N) is 4. The fourth-order valence-electron chi connectivity index (χ4n) is 2.96. The number of carbonyl (C=O) groups is 1. The molecule has 9 nitrogen and oxygen atoms in total. The lowest BCUT2D eigenvalue weighted by molar-refractivity contribution is -0.383. The first-order chi connectivity index (χ1) is 14.8. The molecule has 1 heterocycles. The smallest absolute Gasteiger partial charge is 0.292 e. The fraction of sp³-hybridized carbons (Fsp3) is 0.286. The Morgan fingerprint density at radius 1 is 1.23 bits per heavy atom. The van der Waals surface area contributed by atoms with Gasteiger partial charge in [-0.1, -0.05) is 36.0 Å². The van der Waals surface area contributed by atoms with Crippen LogP contribution in [-0.2, 0) is 11.8 Å². The molecule has 31 heavy (non-hydrogen) atoms. The van der Waals surface area contributed by atoms with Gasteiger partial charge in [0, 0.05) is 13.1 Å². The second-order valence-corrected chi connectivity index (χ2v) is 7.91. The van der Waals surface area contributed by atoms with Crippen molar-refractivity contribution in [3.63, 3.8) is 0 Å². The molecule has 3 rings (SSSR count). The van der Waals surface area contributed by atoms with Gasteiger partial charge in [-0.05, 0) is 44.0 Å². The molecule has 1 atom stereocenters. The van der Waals surface area contributed by atoms with Gasteiger partial charge in [0.1, 0.15) is 11.4 Å². The van der Waals surface area contributed by atoms with Crippen LogP contribution in [0.25, 0.3) is 0 Å². The predicted molar refractivity (Wildman–Crippen MR) is 118 cm³/mol. The van der Waals surface area contributed by atoms with Crippen LogP contribution in [0.5, 0.6) is 5.75 Å². The van der Waals surface area contributed by atoms with Gasteiger partial charge in [0.05, 0.1) is 10.7 Å². The maximum Gasteiger partial charge on any atom is 0.292 e. The van der Waals surface area contributed by atoms with E-state index in [0.29, 0.717) is 11.0 Å². The number of aryl methyl sites for hydroxylation is 1. The highest BCUT2D eigenvalue weighted by Gasteiger charge is 2.20. The molecule has 0 aliphatic rings. The molecule has 0 aliphatic heterocycles. The number of benzene rings is 2. The van der Waals surface area contributed by atoms with Crippen molar-refractivity contribution < 1.29 is 14.5 Å². The molecule has 1 aromatic heterocycles. The minimum absolute atomic E-state index is 0.0320. The van der Waals surface area contributed by atoms with Gasteiger partial charge < -0.3 is 14.6 Å². The highest BCUT2D eigenvalue weighted by atomic mass is 32.2. The first kappa shape index (κ1) is 22.3. The first-order valence-electron chi connectivity index (χ1n) is 9.56. The molecule has 10 heteroatoms. The molecule has 1 N–H and O–H groups in total. The van der Waals surface area contributed by atoms with E-state index in [1.54, 1.807) is 23.7 Å². The average Bonchev–Trinajstić information content (AvgIpc) is 3.10. The largest absolute Gasteiger partial charge is 0.482 e. The monoisotopic (exact) mass is 441 g/mol. The van der Waals surface area contributed by atoms with E-state index >= 15 is 0 Å². The van der Waals surface area contributed by atoms with E-state index in [2.05, 4.69) is 15.5 Å². The minimum atomic E-state index is -0.533. The van der Waals surface area contributed by atoms with Gasteiger partial charge in [0.15, 0.2) is 17.1 Å². The van der Waals surface area contributed by atoms with Crippen molar-refractivity contribution in [3.8, 4) is 5.75 Å². The molecule has 0 saturated carbocycles. The van der Waals surface area contributed by atoms with Gasteiger partial charge in [0.25, 0.3) is 5.69 Å². The average molecular weight is 442 g/mol. The van der Waals surface area contributed by atoms with Crippen LogP contribution in [0, 0.1) is 24.0 Å². The van der Waals surface area contributed by atoms with Crippen LogP contribution < -0.4 is 10.1 Å². The summed E-state index contributed by atoms with van der Waals surface area (Å²) in [6.07, 6.45) is -0.340. The van der Waals surface area contributed by atoms with Crippen molar-refractivity contribution >= 4 is 29.0 Å². The molecule has 3 aromatic rings. The Hall–Kier alpha value is -3.40. The summed E-state index contributed by atoms with van der Waals surface area (Å²) in [4.78, 5) is 22.8. The fourth-order valence-corrected chi connectivity index (χ4v) is 3.67. The summed E-state index contributed by atoms with van der Waals surface area (Å²) in [5.74, 6) is 1.07. The van der Waals surface area contributed by atoms with E-state index < -0.39 is 4.92 Å². The molecule has 0 saturated heterocycles. The third kappa shape index (κ3) is 5.21. The van der Waals surface area contributed by atoms with Crippen molar-refractivity contribution in [2.75, 3.05) is 11.1 Å². The lowest BCUT2D eigenvalue weighted by atomic mass is 10.1. The van der Waals surface area contributed by atoms with E-state index in [-0.39, 0.29) is 29.1 Å². The number of thioether (sulfide) groups is 1. The van der Waals surface area contributed by atoms with E-state index in [0.717, 1.165) is 16.9 Å². The molecule has 0 fully saturated rings. The lowest BCUT2D eigenvalue weighted by Gasteiger charge is -2.16. The van der Waals surface area contributed by atoms with Gasteiger partial charge in [-0.25, -0.2) is 0 Å². The molecule has 162 valence electrons. The quantitative estimate of drug-likeness (QED) is 0.316. The van der Waals surface area contributed by atoms with E-state index in [9.17, 15) is 14.9 Å². The van der Waals surface area contributed by atoms with Crippen LogP contribution in [0.15, 0.2) is 47.6 Å². The van der Waals surface area contributed by atoms with E-state index in [1.807, 2.05) is 39.0 Å². The van der Waals surface area contributed by atoms with Crippen LogP contribution in [0.1, 0.15) is 30.0 Å². The standard InChI is InChI=1S/C21H23N5O4S/c1-13-8-7-11-18(14(13)2)30-15(3)20-23-24-21(25(20)4)31-12-19(27)22-16-9-5-6-10-17(16)26(28)29/h5-11,15H,12H2,1-4H3,(H,22,27). The number of anilines is 1. The molecular weight excluding hydrogens is 418 g/mol. The van der Waals surface area contributed by atoms with E-state index in [4.69, 9.17) is 4.74 Å². The van der Waals surface area contributed by atoms with Crippen molar-refractivity contribution in [1.29, 1.82) is 0 Å². The van der Waals surface area contributed by atoms with Crippen LogP contribution in [0.3, 0.4) is 0 Å². The molecule has 0 spiro atoms. The lowest BCUT2D eigenvalue weighted by Crippen LogP contribution is -2.15. The Labute approximate surface area is 184 Å². The Kier molecular flexibility index (Phi) is 6.91. The predicted octanol–water partition coefficient (Wildman–Crippen LogP) is 4.21. The summed E-state index contributed by atoms with van der Waals surface area (Å²) in [5.41, 5.74) is 2.22. The highest BCUT2D eigenvalue weighted by Crippen LogP contribution is 2.28. The molecular formula is C21H23N5O4S. The summed E-state index contributed by atoms with van der Waals surface area (Å²) in [5, 5.41) is 22.6. The Morgan fingerprint density at radius 2 is 1.97 bits per heavy atom. The molecule has 0 radical (unpaired) electrons. The number of nitrogens with one attached hydrogen (secondary N) is 1. The van der Waals surface area contributed by atoms with Crippen molar-refractivity contribution in [1.82, 2.24) is 14.8 Å². The number of nitro groups is 1. The van der Waals surface area contributed by atoms with Crippen molar-refractivity contribution in [2.24, 2.45) is 7.05 Å². The second kappa shape index (κ2) is 9.61. The number of ether oxygens (including phenoxy) is 1.